The van der Waals surface area contributed by atoms with Gasteiger partial charge in [-0.25, -0.2) is 0 Å². The summed E-state index contributed by atoms with van der Waals surface area (Å²) in [6.45, 7) is 5.74. The molecule has 102 valence electrons. The Morgan fingerprint density at radius 3 is 2.55 bits per heavy atom. The number of nitrogens with zero attached hydrogens (tertiary/aromatic N) is 1. The van der Waals surface area contributed by atoms with E-state index in [9.17, 15) is 4.79 Å². The lowest BCUT2D eigenvalue weighted by molar-refractivity contribution is 0.578. The molecular formula is C17H17NO2. The fourth-order valence-electron chi connectivity index (χ4n) is 2.61. The minimum Gasteiger partial charge on any atom is -0.440 e. The predicted molar refractivity (Wildman–Crippen MR) is 83.6 cm³/mol. The van der Waals surface area contributed by atoms with Gasteiger partial charge in [0.1, 0.15) is 5.58 Å². The zero-order valence-electron chi connectivity index (χ0n) is 11.7. The van der Waals surface area contributed by atoms with Crippen LogP contribution in [0.15, 0.2) is 51.7 Å². The molecule has 1 heterocycles. The lowest BCUT2D eigenvalue weighted by Gasteiger charge is -2.19. The molecule has 0 saturated heterocycles. The Hall–Kier alpha value is -2.29. The fraction of sp³-hybridized carbons (Fsp3) is 0.235. The summed E-state index contributed by atoms with van der Waals surface area (Å²) in [7, 11) is 0. The van der Waals surface area contributed by atoms with Crippen LogP contribution >= 0.6 is 0 Å². The van der Waals surface area contributed by atoms with Crippen LogP contribution in [0.3, 0.4) is 0 Å². The third-order valence-corrected chi connectivity index (χ3v) is 3.68. The minimum absolute atomic E-state index is 0.0185. The van der Waals surface area contributed by atoms with Crippen LogP contribution in [-0.4, -0.2) is 13.1 Å². The lowest BCUT2D eigenvalue weighted by Crippen LogP contribution is -2.23. The number of anilines is 1. The summed E-state index contributed by atoms with van der Waals surface area (Å²) in [5.41, 5.74) is 0.669. The van der Waals surface area contributed by atoms with Crippen LogP contribution in [0.4, 0.5) is 5.88 Å². The molecule has 0 atom stereocenters. The lowest BCUT2D eigenvalue weighted by atomic mass is 10.1. The summed E-state index contributed by atoms with van der Waals surface area (Å²) in [6, 6.07) is 13.4. The van der Waals surface area contributed by atoms with Gasteiger partial charge in [-0.1, -0.05) is 30.3 Å². The first kappa shape index (κ1) is 12.7. The summed E-state index contributed by atoms with van der Waals surface area (Å²) < 4.78 is 5.92. The number of rotatable bonds is 3. The maximum atomic E-state index is 12.5. The molecule has 0 aliphatic heterocycles. The fourth-order valence-corrected chi connectivity index (χ4v) is 2.61. The summed E-state index contributed by atoms with van der Waals surface area (Å²) in [6.07, 6.45) is 0. The molecule has 0 fully saturated rings. The van der Waals surface area contributed by atoms with E-state index in [1.165, 1.54) is 0 Å². The molecule has 0 aliphatic rings. The maximum Gasteiger partial charge on any atom is 0.199 e. The first-order valence-electron chi connectivity index (χ1n) is 6.95. The molecule has 0 N–H and O–H groups in total. The molecule has 3 heteroatoms. The van der Waals surface area contributed by atoms with Gasteiger partial charge in [0.15, 0.2) is 11.3 Å². The highest BCUT2D eigenvalue weighted by Gasteiger charge is 2.11. The third-order valence-electron chi connectivity index (χ3n) is 3.68. The van der Waals surface area contributed by atoms with Crippen LogP contribution in [0, 0.1) is 0 Å². The Labute approximate surface area is 117 Å². The standard InChI is InChI=1S/C17H17NO2/c1-3-18(4-2)16-11-14(19)17-13-8-6-5-7-12(13)9-10-15(17)20-16/h5-11H,3-4H2,1-2H3. The molecule has 0 radical (unpaired) electrons. The van der Waals surface area contributed by atoms with Gasteiger partial charge in [0.25, 0.3) is 0 Å². The highest BCUT2D eigenvalue weighted by Crippen LogP contribution is 2.25. The van der Waals surface area contributed by atoms with Gasteiger partial charge in [0, 0.05) is 19.2 Å². The molecule has 3 nitrogen and oxygen atoms in total. The average molecular weight is 267 g/mol. The van der Waals surface area contributed by atoms with Gasteiger partial charge in [-0.05, 0) is 30.7 Å². The first-order valence-corrected chi connectivity index (χ1v) is 6.95. The molecule has 0 saturated carbocycles. The predicted octanol–water partition coefficient (Wildman–Crippen LogP) is 3.79. The van der Waals surface area contributed by atoms with Crippen LogP contribution in [0.5, 0.6) is 0 Å². The molecule has 0 unspecified atom stereocenters. The second-order valence-corrected chi connectivity index (χ2v) is 4.78. The summed E-state index contributed by atoms with van der Waals surface area (Å²) in [5.74, 6) is 0.641. The number of hydrogen-bond donors (Lipinski definition) is 0. The minimum atomic E-state index is 0.0185. The van der Waals surface area contributed by atoms with Crippen molar-refractivity contribution < 1.29 is 4.42 Å². The van der Waals surface area contributed by atoms with Crippen molar-refractivity contribution in [3.05, 3.63) is 52.7 Å². The number of benzene rings is 2. The largest absolute Gasteiger partial charge is 0.440 e. The van der Waals surface area contributed by atoms with Crippen molar-refractivity contribution in [1.82, 2.24) is 0 Å². The number of fused-ring (bicyclic) bond motifs is 3. The molecule has 20 heavy (non-hydrogen) atoms. The third kappa shape index (κ3) is 1.95. The van der Waals surface area contributed by atoms with E-state index in [0.717, 1.165) is 23.9 Å². The van der Waals surface area contributed by atoms with Crippen molar-refractivity contribution in [2.45, 2.75) is 13.8 Å². The van der Waals surface area contributed by atoms with Gasteiger partial charge in [0.05, 0.1) is 5.39 Å². The summed E-state index contributed by atoms with van der Waals surface area (Å²) in [4.78, 5) is 14.5. The molecular weight excluding hydrogens is 250 g/mol. The van der Waals surface area contributed by atoms with Gasteiger partial charge in [-0.3, -0.25) is 4.79 Å². The second-order valence-electron chi connectivity index (χ2n) is 4.78. The van der Waals surface area contributed by atoms with E-state index in [4.69, 9.17) is 4.42 Å². The van der Waals surface area contributed by atoms with Crippen LogP contribution < -0.4 is 10.3 Å². The Morgan fingerprint density at radius 1 is 1.05 bits per heavy atom. The quantitative estimate of drug-likeness (QED) is 0.677. The van der Waals surface area contributed by atoms with E-state index in [1.807, 2.05) is 55.1 Å². The van der Waals surface area contributed by atoms with Crippen LogP contribution in [0.2, 0.25) is 0 Å². The van der Waals surface area contributed by atoms with Crippen molar-refractivity contribution in [2.24, 2.45) is 0 Å². The highest BCUT2D eigenvalue weighted by atomic mass is 16.4. The van der Waals surface area contributed by atoms with E-state index in [0.29, 0.717) is 16.9 Å². The number of hydrogen-bond acceptors (Lipinski definition) is 3. The van der Waals surface area contributed by atoms with Crippen LogP contribution in [0.1, 0.15) is 13.8 Å². The first-order chi connectivity index (χ1) is 9.74. The smallest absolute Gasteiger partial charge is 0.199 e. The van der Waals surface area contributed by atoms with Gasteiger partial charge < -0.3 is 9.32 Å². The van der Waals surface area contributed by atoms with Crippen LogP contribution in [-0.2, 0) is 0 Å². The molecule has 0 amide bonds. The van der Waals surface area contributed by atoms with E-state index in [-0.39, 0.29) is 5.43 Å². The van der Waals surface area contributed by atoms with Crippen LogP contribution in [0.25, 0.3) is 21.7 Å². The monoisotopic (exact) mass is 267 g/mol. The molecule has 0 aliphatic carbocycles. The molecule has 0 bridgehead atoms. The van der Waals surface area contributed by atoms with Gasteiger partial charge in [-0.2, -0.15) is 0 Å². The van der Waals surface area contributed by atoms with E-state index >= 15 is 0 Å². The zero-order chi connectivity index (χ0) is 14.1. The Morgan fingerprint density at radius 2 is 1.80 bits per heavy atom. The van der Waals surface area contributed by atoms with Crippen molar-refractivity contribution in [3.63, 3.8) is 0 Å². The van der Waals surface area contributed by atoms with Crippen molar-refractivity contribution >= 4 is 27.6 Å². The summed E-state index contributed by atoms with van der Waals surface area (Å²) in [5, 5.41) is 2.67. The van der Waals surface area contributed by atoms with Crippen molar-refractivity contribution in [3.8, 4) is 0 Å². The SMILES string of the molecule is CCN(CC)c1cc(=O)c2c(ccc3ccccc32)o1. The highest BCUT2D eigenvalue weighted by molar-refractivity contribution is 6.05. The molecule has 0 spiro atoms. The van der Waals surface area contributed by atoms with E-state index in [2.05, 4.69) is 0 Å². The van der Waals surface area contributed by atoms with Gasteiger partial charge in [-0.15, -0.1) is 0 Å². The Bertz CT molecular complexity index is 816. The molecule has 3 rings (SSSR count). The van der Waals surface area contributed by atoms with E-state index < -0.39 is 0 Å². The Kier molecular flexibility index (Phi) is 3.18. The van der Waals surface area contributed by atoms with Gasteiger partial charge in [0.2, 0.25) is 0 Å². The normalized spacial score (nSPS) is 11.1. The maximum absolute atomic E-state index is 12.5. The Balaban J connectivity index is 2.34. The van der Waals surface area contributed by atoms with Gasteiger partial charge >= 0.3 is 0 Å². The zero-order valence-corrected chi connectivity index (χ0v) is 11.7. The van der Waals surface area contributed by atoms with Crippen molar-refractivity contribution in [2.75, 3.05) is 18.0 Å². The second kappa shape index (κ2) is 5.00. The summed E-state index contributed by atoms with van der Waals surface area (Å²) >= 11 is 0. The molecule has 1 aromatic heterocycles. The molecule has 3 aromatic rings. The topological polar surface area (TPSA) is 33.5 Å². The average Bonchev–Trinajstić information content (AvgIpc) is 2.48. The van der Waals surface area contributed by atoms with Crippen molar-refractivity contribution in [1.29, 1.82) is 0 Å². The molecule has 2 aromatic carbocycles. The van der Waals surface area contributed by atoms with E-state index in [1.54, 1.807) is 6.07 Å².